The van der Waals surface area contributed by atoms with Gasteiger partial charge in [0.15, 0.2) is 0 Å². The lowest BCUT2D eigenvalue weighted by atomic mass is 10.1. The standard InChI is InChI=1S/C14H19F3N2O2/c1-3-18-12-5-4-11(8-10(12)2)13(21)19(6-7-20)9-14(15,16)17/h4-5,8,18,20H,3,6-7,9H2,1-2H3. The highest BCUT2D eigenvalue weighted by atomic mass is 19.4. The van der Waals surface area contributed by atoms with Crippen LogP contribution in [0.1, 0.15) is 22.8 Å². The van der Waals surface area contributed by atoms with E-state index < -0.39 is 25.2 Å². The van der Waals surface area contributed by atoms with Crippen LogP contribution in [-0.2, 0) is 0 Å². The Balaban J connectivity index is 2.95. The average Bonchev–Trinajstić information content (AvgIpc) is 2.38. The van der Waals surface area contributed by atoms with E-state index in [4.69, 9.17) is 5.11 Å². The monoisotopic (exact) mass is 304 g/mol. The van der Waals surface area contributed by atoms with Crippen LogP contribution in [0.5, 0.6) is 0 Å². The summed E-state index contributed by atoms with van der Waals surface area (Å²) in [5.74, 6) is -0.743. The van der Waals surface area contributed by atoms with Gasteiger partial charge in [0.1, 0.15) is 6.54 Å². The third kappa shape index (κ3) is 5.26. The smallest absolute Gasteiger partial charge is 0.395 e. The number of halogens is 3. The molecule has 0 aliphatic carbocycles. The van der Waals surface area contributed by atoms with Gasteiger partial charge in [-0.05, 0) is 37.6 Å². The van der Waals surface area contributed by atoms with Crippen LogP contribution in [0.3, 0.4) is 0 Å². The van der Waals surface area contributed by atoms with Crippen molar-refractivity contribution >= 4 is 11.6 Å². The number of carbonyl (C=O) groups is 1. The molecular formula is C14H19F3N2O2. The van der Waals surface area contributed by atoms with E-state index in [1.54, 1.807) is 19.1 Å². The summed E-state index contributed by atoms with van der Waals surface area (Å²) in [7, 11) is 0. The number of benzene rings is 1. The summed E-state index contributed by atoms with van der Waals surface area (Å²) < 4.78 is 37.4. The Morgan fingerprint density at radius 3 is 2.52 bits per heavy atom. The molecule has 4 nitrogen and oxygen atoms in total. The summed E-state index contributed by atoms with van der Waals surface area (Å²) in [5, 5.41) is 11.9. The Morgan fingerprint density at radius 1 is 1.38 bits per heavy atom. The van der Waals surface area contributed by atoms with Gasteiger partial charge >= 0.3 is 6.18 Å². The average molecular weight is 304 g/mol. The zero-order valence-corrected chi connectivity index (χ0v) is 12.0. The molecule has 1 amide bonds. The first-order valence-corrected chi connectivity index (χ1v) is 6.60. The van der Waals surface area contributed by atoms with E-state index in [1.807, 2.05) is 6.92 Å². The first-order chi connectivity index (χ1) is 9.78. The molecule has 21 heavy (non-hydrogen) atoms. The number of amides is 1. The van der Waals surface area contributed by atoms with E-state index in [1.165, 1.54) is 6.07 Å². The molecule has 0 unspecified atom stereocenters. The highest BCUT2D eigenvalue weighted by molar-refractivity contribution is 5.95. The topological polar surface area (TPSA) is 52.6 Å². The second-order valence-electron chi connectivity index (χ2n) is 4.63. The molecule has 2 N–H and O–H groups in total. The number of rotatable bonds is 6. The first-order valence-electron chi connectivity index (χ1n) is 6.60. The zero-order chi connectivity index (χ0) is 16.0. The SMILES string of the molecule is CCNc1ccc(C(=O)N(CCO)CC(F)(F)F)cc1C. The third-order valence-corrected chi connectivity index (χ3v) is 2.87. The Kier molecular flexibility index (Phi) is 6.02. The van der Waals surface area contributed by atoms with Gasteiger partial charge in [0.25, 0.3) is 5.91 Å². The van der Waals surface area contributed by atoms with Gasteiger partial charge in [-0.15, -0.1) is 0 Å². The van der Waals surface area contributed by atoms with Gasteiger partial charge in [-0.25, -0.2) is 0 Å². The minimum absolute atomic E-state index is 0.173. The predicted molar refractivity (Wildman–Crippen MR) is 74.4 cm³/mol. The summed E-state index contributed by atoms with van der Waals surface area (Å²) in [6, 6.07) is 4.69. The van der Waals surface area contributed by atoms with Crippen molar-refractivity contribution in [2.24, 2.45) is 0 Å². The first kappa shape index (κ1) is 17.3. The molecule has 0 atom stereocenters. The van der Waals surface area contributed by atoms with Crippen LogP contribution < -0.4 is 5.32 Å². The van der Waals surface area contributed by atoms with Crippen molar-refractivity contribution in [2.45, 2.75) is 20.0 Å². The number of nitrogens with one attached hydrogen (secondary N) is 1. The highest BCUT2D eigenvalue weighted by Gasteiger charge is 2.33. The normalized spacial score (nSPS) is 11.3. The van der Waals surface area contributed by atoms with Gasteiger partial charge < -0.3 is 15.3 Å². The molecule has 0 aromatic heterocycles. The molecule has 0 aliphatic heterocycles. The summed E-state index contributed by atoms with van der Waals surface area (Å²) in [6.45, 7) is 2.15. The molecule has 1 rings (SSSR count). The second-order valence-corrected chi connectivity index (χ2v) is 4.63. The number of hydrogen-bond acceptors (Lipinski definition) is 3. The Morgan fingerprint density at radius 2 is 2.05 bits per heavy atom. The fourth-order valence-corrected chi connectivity index (χ4v) is 1.96. The van der Waals surface area contributed by atoms with E-state index in [9.17, 15) is 18.0 Å². The second kappa shape index (κ2) is 7.31. The zero-order valence-electron chi connectivity index (χ0n) is 12.0. The van der Waals surface area contributed by atoms with E-state index in [-0.39, 0.29) is 12.1 Å². The van der Waals surface area contributed by atoms with Gasteiger partial charge in [0, 0.05) is 24.3 Å². The van der Waals surface area contributed by atoms with Crippen LogP contribution in [0.15, 0.2) is 18.2 Å². The van der Waals surface area contributed by atoms with Crippen LogP contribution in [0.4, 0.5) is 18.9 Å². The number of carbonyl (C=O) groups excluding carboxylic acids is 1. The number of anilines is 1. The molecular weight excluding hydrogens is 285 g/mol. The van der Waals surface area contributed by atoms with Gasteiger partial charge in [-0.3, -0.25) is 4.79 Å². The lowest BCUT2D eigenvalue weighted by molar-refractivity contribution is -0.141. The van der Waals surface area contributed by atoms with E-state index in [0.29, 0.717) is 11.4 Å². The van der Waals surface area contributed by atoms with E-state index >= 15 is 0 Å². The number of aliphatic hydroxyl groups is 1. The fraction of sp³-hybridized carbons (Fsp3) is 0.500. The van der Waals surface area contributed by atoms with Crippen molar-refractivity contribution in [1.29, 1.82) is 0 Å². The molecule has 0 fully saturated rings. The minimum atomic E-state index is -4.50. The molecule has 0 heterocycles. The molecule has 0 saturated heterocycles. The molecule has 0 aliphatic rings. The maximum absolute atomic E-state index is 12.5. The van der Waals surface area contributed by atoms with Crippen LogP contribution >= 0.6 is 0 Å². The summed E-state index contributed by atoms with van der Waals surface area (Å²) >= 11 is 0. The minimum Gasteiger partial charge on any atom is -0.395 e. The molecule has 118 valence electrons. The third-order valence-electron chi connectivity index (χ3n) is 2.87. The molecule has 0 saturated carbocycles. The Labute approximate surface area is 121 Å². The van der Waals surface area contributed by atoms with Crippen molar-refractivity contribution in [2.75, 3.05) is 31.6 Å². The predicted octanol–water partition coefficient (Wildman–Crippen LogP) is 2.42. The van der Waals surface area contributed by atoms with Crippen molar-refractivity contribution in [1.82, 2.24) is 4.90 Å². The van der Waals surface area contributed by atoms with Crippen molar-refractivity contribution < 1.29 is 23.1 Å². The van der Waals surface area contributed by atoms with Crippen molar-refractivity contribution in [3.63, 3.8) is 0 Å². The molecule has 0 bridgehead atoms. The summed E-state index contributed by atoms with van der Waals surface area (Å²) in [5.41, 5.74) is 1.78. The number of aryl methyl sites for hydroxylation is 1. The highest BCUT2D eigenvalue weighted by Crippen LogP contribution is 2.20. The number of aliphatic hydroxyl groups excluding tert-OH is 1. The van der Waals surface area contributed by atoms with Crippen molar-refractivity contribution in [3.8, 4) is 0 Å². The molecule has 0 spiro atoms. The maximum atomic E-state index is 12.5. The van der Waals surface area contributed by atoms with Crippen LogP contribution in [-0.4, -0.2) is 48.3 Å². The Hall–Kier alpha value is -1.76. The summed E-state index contributed by atoms with van der Waals surface area (Å²) in [4.78, 5) is 12.7. The molecule has 7 heteroatoms. The van der Waals surface area contributed by atoms with Gasteiger partial charge in [0.2, 0.25) is 0 Å². The van der Waals surface area contributed by atoms with E-state index in [0.717, 1.165) is 11.3 Å². The summed E-state index contributed by atoms with van der Waals surface area (Å²) in [6.07, 6.45) is -4.50. The number of hydrogen-bond donors (Lipinski definition) is 2. The fourth-order valence-electron chi connectivity index (χ4n) is 1.96. The quantitative estimate of drug-likeness (QED) is 0.848. The largest absolute Gasteiger partial charge is 0.406 e. The van der Waals surface area contributed by atoms with Crippen LogP contribution in [0.2, 0.25) is 0 Å². The van der Waals surface area contributed by atoms with Crippen molar-refractivity contribution in [3.05, 3.63) is 29.3 Å². The van der Waals surface area contributed by atoms with Gasteiger partial charge in [-0.1, -0.05) is 0 Å². The van der Waals surface area contributed by atoms with Gasteiger partial charge in [0.05, 0.1) is 6.61 Å². The molecule has 0 radical (unpaired) electrons. The maximum Gasteiger partial charge on any atom is 0.406 e. The molecule has 1 aromatic rings. The lowest BCUT2D eigenvalue weighted by Gasteiger charge is -2.23. The molecule has 1 aromatic carbocycles. The number of alkyl halides is 3. The van der Waals surface area contributed by atoms with Crippen LogP contribution in [0, 0.1) is 6.92 Å². The van der Waals surface area contributed by atoms with Gasteiger partial charge in [-0.2, -0.15) is 13.2 Å². The van der Waals surface area contributed by atoms with E-state index in [2.05, 4.69) is 5.32 Å². The lowest BCUT2D eigenvalue weighted by Crippen LogP contribution is -2.40. The Bertz CT molecular complexity index is 490. The van der Waals surface area contributed by atoms with Crippen LogP contribution in [0.25, 0.3) is 0 Å². The number of nitrogens with zero attached hydrogens (tertiary/aromatic N) is 1.